The Morgan fingerprint density at radius 2 is 1.30 bits per heavy atom. The fraction of sp³-hybridized carbons (Fsp3) is 0.0909. The van der Waals surface area contributed by atoms with Crippen LogP contribution in [0.15, 0.2) is 90.0 Å². The van der Waals surface area contributed by atoms with E-state index in [2.05, 4.69) is 40.1 Å². The molecule has 0 unspecified atom stereocenters. The van der Waals surface area contributed by atoms with E-state index in [9.17, 15) is 4.39 Å². The molecular formula is C22H20FN3S. The number of hydrazone groups is 1. The van der Waals surface area contributed by atoms with Gasteiger partial charge >= 0.3 is 0 Å². The fourth-order valence-corrected chi connectivity index (χ4v) is 2.80. The Morgan fingerprint density at radius 3 is 1.85 bits per heavy atom. The summed E-state index contributed by atoms with van der Waals surface area (Å²) in [4.78, 5) is 0. The van der Waals surface area contributed by atoms with Gasteiger partial charge < -0.3 is 5.32 Å². The normalized spacial score (nSPS) is 10.1. The van der Waals surface area contributed by atoms with Crippen LogP contribution in [0.4, 0.5) is 10.1 Å². The van der Waals surface area contributed by atoms with Crippen LogP contribution in [-0.4, -0.2) is 10.8 Å². The SMILES string of the molecule is Fc1ccccc1NC(=S)NN=C(Cc1ccccc1)Cc1ccccc1. The highest BCUT2D eigenvalue weighted by Crippen LogP contribution is 2.12. The minimum absolute atomic E-state index is 0.249. The molecule has 2 N–H and O–H groups in total. The topological polar surface area (TPSA) is 36.4 Å². The summed E-state index contributed by atoms with van der Waals surface area (Å²) in [6.45, 7) is 0. The van der Waals surface area contributed by atoms with E-state index in [1.807, 2.05) is 36.4 Å². The minimum atomic E-state index is -0.362. The minimum Gasteiger partial charge on any atom is -0.329 e. The van der Waals surface area contributed by atoms with E-state index in [0.29, 0.717) is 18.5 Å². The average molecular weight is 377 g/mol. The number of rotatable bonds is 6. The average Bonchev–Trinajstić information content (AvgIpc) is 2.69. The lowest BCUT2D eigenvalue weighted by Crippen LogP contribution is -2.26. The molecule has 0 aliphatic rings. The standard InChI is InChI=1S/C22H20FN3S/c23-20-13-7-8-14-21(20)24-22(27)26-25-19(15-17-9-3-1-4-10-17)16-18-11-5-2-6-12-18/h1-14H,15-16H2,(H2,24,26,27). The molecule has 0 radical (unpaired) electrons. The number of thiocarbonyl (C=S) groups is 1. The number of nitrogens with one attached hydrogen (secondary N) is 2. The van der Waals surface area contributed by atoms with E-state index in [4.69, 9.17) is 12.2 Å². The van der Waals surface area contributed by atoms with Crippen LogP contribution >= 0.6 is 12.2 Å². The lowest BCUT2D eigenvalue weighted by Gasteiger charge is -2.11. The maximum absolute atomic E-state index is 13.7. The summed E-state index contributed by atoms with van der Waals surface area (Å²) in [6.07, 6.45) is 1.40. The van der Waals surface area contributed by atoms with Crippen LogP contribution in [0.25, 0.3) is 0 Å². The van der Waals surface area contributed by atoms with Crippen LogP contribution < -0.4 is 10.7 Å². The molecule has 0 amide bonds. The fourth-order valence-electron chi connectivity index (χ4n) is 2.65. The molecule has 0 atom stereocenters. The van der Waals surface area contributed by atoms with Gasteiger partial charge in [-0.1, -0.05) is 72.8 Å². The van der Waals surface area contributed by atoms with E-state index >= 15 is 0 Å². The zero-order chi connectivity index (χ0) is 18.9. The maximum atomic E-state index is 13.7. The second-order valence-electron chi connectivity index (χ2n) is 6.05. The molecule has 3 nitrogen and oxygen atoms in total. The number of anilines is 1. The van der Waals surface area contributed by atoms with Gasteiger partial charge in [-0.15, -0.1) is 0 Å². The molecule has 0 saturated heterocycles. The lowest BCUT2D eigenvalue weighted by atomic mass is 10.0. The number of nitrogens with zero attached hydrogens (tertiary/aromatic N) is 1. The van der Waals surface area contributed by atoms with E-state index in [-0.39, 0.29) is 10.9 Å². The zero-order valence-corrected chi connectivity index (χ0v) is 15.5. The lowest BCUT2D eigenvalue weighted by molar-refractivity contribution is 0.632. The molecular weight excluding hydrogens is 357 g/mol. The summed E-state index contributed by atoms with van der Waals surface area (Å²) >= 11 is 5.25. The Kier molecular flexibility index (Phi) is 6.66. The van der Waals surface area contributed by atoms with Crippen molar-refractivity contribution in [1.82, 2.24) is 5.43 Å². The van der Waals surface area contributed by atoms with Gasteiger partial charge in [0.15, 0.2) is 5.11 Å². The van der Waals surface area contributed by atoms with E-state index in [0.717, 1.165) is 5.71 Å². The number of halogens is 1. The van der Waals surface area contributed by atoms with Crippen LogP contribution in [-0.2, 0) is 12.8 Å². The first kappa shape index (κ1) is 18.7. The number of para-hydroxylation sites is 1. The molecule has 0 aromatic heterocycles. The Balaban J connectivity index is 1.71. The Hall–Kier alpha value is -3.05. The van der Waals surface area contributed by atoms with Crippen molar-refractivity contribution in [2.45, 2.75) is 12.8 Å². The first-order valence-electron chi connectivity index (χ1n) is 8.65. The highest BCUT2D eigenvalue weighted by atomic mass is 32.1. The van der Waals surface area contributed by atoms with Gasteiger partial charge in [-0.2, -0.15) is 5.10 Å². The van der Waals surface area contributed by atoms with Crippen LogP contribution in [0, 0.1) is 5.82 Å². The predicted molar refractivity (Wildman–Crippen MR) is 113 cm³/mol. The highest BCUT2D eigenvalue weighted by Gasteiger charge is 2.06. The van der Waals surface area contributed by atoms with Gasteiger partial charge in [0.2, 0.25) is 0 Å². The molecule has 3 rings (SSSR count). The quantitative estimate of drug-likeness (QED) is 0.362. The van der Waals surface area contributed by atoms with Crippen molar-refractivity contribution in [3.05, 3.63) is 102 Å². The Labute approximate surface area is 163 Å². The van der Waals surface area contributed by atoms with E-state index in [1.54, 1.807) is 18.2 Å². The monoisotopic (exact) mass is 377 g/mol. The van der Waals surface area contributed by atoms with Gasteiger partial charge in [-0.3, -0.25) is 5.43 Å². The zero-order valence-electron chi connectivity index (χ0n) is 14.7. The molecule has 0 aliphatic heterocycles. The van der Waals surface area contributed by atoms with Crippen LogP contribution in [0.1, 0.15) is 11.1 Å². The Bertz CT molecular complexity index is 868. The van der Waals surface area contributed by atoms with Gasteiger partial charge in [0.25, 0.3) is 0 Å². The van der Waals surface area contributed by atoms with E-state index in [1.165, 1.54) is 17.2 Å². The molecule has 5 heteroatoms. The number of benzene rings is 3. The molecule has 27 heavy (non-hydrogen) atoms. The van der Waals surface area contributed by atoms with E-state index < -0.39 is 0 Å². The number of hydrogen-bond acceptors (Lipinski definition) is 2. The molecule has 0 bridgehead atoms. The maximum Gasteiger partial charge on any atom is 0.191 e. The molecule has 136 valence electrons. The molecule has 0 aliphatic carbocycles. The molecule has 0 fully saturated rings. The van der Waals surface area contributed by atoms with Crippen molar-refractivity contribution in [1.29, 1.82) is 0 Å². The van der Waals surface area contributed by atoms with Crippen LogP contribution in [0.5, 0.6) is 0 Å². The van der Waals surface area contributed by atoms with Gasteiger partial charge in [0.05, 0.1) is 5.69 Å². The first-order valence-corrected chi connectivity index (χ1v) is 9.06. The molecule has 0 saturated carbocycles. The largest absolute Gasteiger partial charge is 0.329 e. The molecule has 0 spiro atoms. The summed E-state index contributed by atoms with van der Waals surface area (Å²) in [5, 5.41) is 7.56. The summed E-state index contributed by atoms with van der Waals surface area (Å²) in [7, 11) is 0. The third-order valence-corrected chi connectivity index (χ3v) is 4.13. The van der Waals surface area contributed by atoms with Crippen molar-refractivity contribution in [2.75, 3.05) is 5.32 Å². The van der Waals surface area contributed by atoms with Crippen molar-refractivity contribution in [2.24, 2.45) is 5.10 Å². The summed E-state index contributed by atoms with van der Waals surface area (Å²) in [5.74, 6) is -0.362. The second-order valence-corrected chi connectivity index (χ2v) is 6.46. The molecule has 3 aromatic carbocycles. The third-order valence-electron chi connectivity index (χ3n) is 3.94. The van der Waals surface area contributed by atoms with Gasteiger partial charge in [0, 0.05) is 18.6 Å². The first-order chi connectivity index (χ1) is 13.2. The Morgan fingerprint density at radius 1 is 0.778 bits per heavy atom. The van der Waals surface area contributed by atoms with Crippen molar-refractivity contribution >= 4 is 28.7 Å². The predicted octanol–water partition coefficient (Wildman–Crippen LogP) is 4.95. The van der Waals surface area contributed by atoms with Gasteiger partial charge in [0.1, 0.15) is 5.82 Å². The smallest absolute Gasteiger partial charge is 0.191 e. The summed E-state index contributed by atoms with van der Waals surface area (Å²) < 4.78 is 13.7. The second kappa shape index (κ2) is 9.59. The molecule has 3 aromatic rings. The highest BCUT2D eigenvalue weighted by molar-refractivity contribution is 7.80. The summed E-state index contributed by atoms with van der Waals surface area (Å²) in [5.41, 5.74) is 6.43. The van der Waals surface area contributed by atoms with Crippen molar-refractivity contribution < 1.29 is 4.39 Å². The van der Waals surface area contributed by atoms with Gasteiger partial charge in [-0.05, 0) is 35.5 Å². The van der Waals surface area contributed by atoms with Crippen LogP contribution in [0.2, 0.25) is 0 Å². The number of hydrogen-bond donors (Lipinski definition) is 2. The van der Waals surface area contributed by atoms with Gasteiger partial charge in [-0.25, -0.2) is 4.39 Å². The third kappa shape index (κ3) is 6.01. The van der Waals surface area contributed by atoms with Crippen molar-refractivity contribution in [3.8, 4) is 0 Å². The molecule has 0 heterocycles. The van der Waals surface area contributed by atoms with Crippen LogP contribution in [0.3, 0.4) is 0 Å². The van der Waals surface area contributed by atoms with Crippen molar-refractivity contribution in [3.63, 3.8) is 0 Å². The summed E-state index contributed by atoms with van der Waals surface area (Å²) in [6, 6.07) is 26.7.